The Morgan fingerprint density at radius 2 is 1.23 bits per heavy atom. The Bertz CT molecular complexity index is 1410. The zero-order valence-corrected chi connectivity index (χ0v) is 19.8. The summed E-state index contributed by atoms with van der Waals surface area (Å²) in [5.74, 6) is -2.24. The van der Waals surface area contributed by atoms with Crippen molar-refractivity contribution in [3.63, 3.8) is 0 Å². The second-order valence-corrected chi connectivity index (χ2v) is 9.26. The maximum Gasteiger partial charge on any atom is 0.416 e. The molecular formula is C28H18F6O5. The maximum absolute atomic E-state index is 14.0. The van der Waals surface area contributed by atoms with Crippen LogP contribution in [-0.4, -0.2) is 17.9 Å². The zero-order valence-electron chi connectivity index (χ0n) is 19.8. The van der Waals surface area contributed by atoms with Gasteiger partial charge in [0, 0.05) is 0 Å². The first-order chi connectivity index (χ1) is 18.5. The molecule has 5 nitrogen and oxygen atoms in total. The molecule has 6 rings (SSSR count). The lowest BCUT2D eigenvalue weighted by Crippen LogP contribution is -2.45. The highest BCUT2D eigenvalue weighted by Crippen LogP contribution is 2.55. The van der Waals surface area contributed by atoms with Crippen LogP contribution in [-0.2, 0) is 26.6 Å². The normalized spacial score (nSPS) is 23.9. The summed E-state index contributed by atoms with van der Waals surface area (Å²) >= 11 is 0. The van der Waals surface area contributed by atoms with E-state index in [-0.39, 0.29) is 23.5 Å². The maximum atomic E-state index is 14.0. The van der Waals surface area contributed by atoms with Crippen LogP contribution in [0.5, 0.6) is 5.75 Å². The smallest absolute Gasteiger partial charge is 0.416 e. The monoisotopic (exact) mass is 548 g/mol. The van der Waals surface area contributed by atoms with Gasteiger partial charge in [-0.05, 0) is 35.4 Å². The van der Waals surface area contributed by atoms with E-state index in [2.05, 4.69) is 0 Å². The quantitative estimate of drug-likeness (QED) is 0.318. The number of hydrogen-bond donors (Lipinski definition) is 0. The van der Waals surface area contributed by atoms with Gasteiger partial charge in [-0.1, -0.05) is 48.5 Å². The molecule has 3 aliphatic heterocycles. The molecule has 3 aromatic carbocycles. The summed E-state index contributed by atoms with van der Waals surface area (Å²) in [4.78, 5) is 13.0. The van der Waals surface area contributed by atoms with Crippen molar-refractivity contribution in [1.29, 1.82) is 0 Å². The van der Waals surface area contributed by atoms with Crippen LogP contribution in [0.15, 0.2) is 84.6 Å². The van der Waals surface area contributed by atoms with Gasteiger partial charge in [0.25, 0.3) is 0 Å². The summed E-state index contributed by atoms with van der Waals surface area (Å²) in [6, 6.07) is 15.3. The number of ether oxygens (including phenoxy) is 4. The molecule has 0 aliphatic carbocycles. The SMILES string of the molecule is O=C1C2=COC3(C[C@@H]2Oc2ccccc21)O[C@@H](c1ccccc1C(F)(F)F)[C@H](c1ccccc1C(F)(F)F)O3. The number of halogens is 6. The number of carbonyl (C=O) groups excluding carboxylic acids is 1. The lowest BCUT2D eigenvalue weighted by molar-refractivity contribution is -0.334. The predicted octanol–water partition coefficient (Wildman–Crippen LogP) is 7.16. The van der Waals surface area contributed by atoms with Crippen LogP contribution >= 0.6 is 0 Å². The first-order valence-electron chi connectivity index (χ1n) is 11.8. The Kier molecular flexibility index (Phi) is 5.78. The van der Waals surface area contributed by atoms with Gasteiger partial charge < -0.3 is 18.9 Å². The van der Waals surface area contributed by atoms with E-state index in [9.17, 15) is 31.1 Å². The highest BCUT2D eigenvalue weighted by Gasteiger charge is 2.57. The van der Waals surface area contributed by atoms with Gasteiger partial charge >= 0.3 is 18.3 Å². The highest BCUT2D eigenvalue weighted by molar-refractivity contribution is 6.12. The minimum atomic E-state index is -4.83. The number of hydrogen-bond acceptors (Lipinski definition) is 5. The topological polar surface area (TPSA) is 54.0 Å². The molecule has 0 N–H and O–H groups in total. The van der Waals surface area contributed by atoms with Crippen molar-refractivity contribution in [2.45, 2.75) is 43.1 Å². The molecule has 3 atom stereocenters. The summed E-state index contributed by atoms with van der Waals surface area (Å²) < 4.78 is 107. The minimum absolute atomic E-state index is 0.123. The summed E-state index contributed by atoms with van der Waals surface area (Å²) in [7, 11) is 0. The number of rotatable bonds is 2. The van der Waals surface area contributed by atoms with E-state index in [1.54, 1.807) is 24.3 Å². The van der Waals surface area contributed by atoms with Gasteiger partial charge in [0.05, 0.1) is 28.7 Å². The van der Waals surface area contributed by atoms with Gasteiger partial charge in [-0.3, -0.25) is 4.79 Å². The molecule has 0 aromatic heterocycles. The lowest BCUT2D eigenvalue weighted by Gasteiger charge is -2.37. The molecule has 0 radical (unpaired) electrons. The van der Waals surface area contributed by atoms with E-state index in [4.69, 9.17) is 18.9 Å². The number of benzene rings is 3. The molecule has 0 unspecified atom stereocenters. The fraction of sp³-hybridized carbons (Fsp3) is 0.250. The third kappa shape index (κ3) is 4.35. The van der Waals surface area contributed by atoms with Crippen LogP contribution < -0.4 is 4.74 Å². The summed E-state index contributed by atoms with van der Waals surface area (Å²) in [6.07, 6.45) is -13.2. The standard InChI is InChI=1S/C28H18F6O5/c29-27(30,31)19-10-4-1-7-15(19)24-25(16-8-2-5-11-20(16)28(32,33)34)39-26(38-24)13-22-18(14-36-26)23(35)17-9-3-6-12-21(17)37-22/h1-12,14,22,24-25H,13H2/t22-,24-,25-/m0/s1. The van der Waals surface area contributed by atoms with Crippen LogP contribution in [0, 0.1) is 0 Å². The first-order valence-corrected chi connectivity index (χ1v) is 11.8. The molecule has 0 bridgehead atoms. The Balaban J connectivity index is 1.45. The largest absolute Gasteiger partial charge is 0.484 e. The van der Waals surface area contributed by atoms with Crippen LogP contribution in [0.2, 0.25) is 0 Å². The summed E-state index contributed by atoms with van der Waals surface area (Å²) in [5, 5.41) is 0. The van der Waals surface area contributed by atoms with Crippen molar-refractivity contribution in [3.8, 4) is 5.75 Å². The van der Waals surface area contributed by atoms with E-state index in [1.165, 1.54) is 24.3 Å². The van der Waals surface area contributed by atoms with Gasteiger partial charge in [-0.2, -0.15) is 26.3 Å². The average molecular weight is 548 g/mol. The fourth-order valence-corrected chi connectivity index (χ4v) is 5.13. The fourth-order valence-electron chi connectivity index (χ4n) is 5.13. The van der Waals surface area contributed by atoms with Gasteiger partial charge in [-0.25, -0.2) is 0 Å². The van der Waals surface area contributed by atoms with Crippen molar-refractivity contribution >= 4 is 5.78 Å². The number of para-hydroxylation sites is 1. The molecule has 0 saturated carbocycles. The number of alkyl halides is 6. The number of ketones is 1. The predicted molar refractivity (Wildman–Crippen MR) is 122 cm³/mol. The molecule has 1 spiro atoms. The van der Waals surface area contributed by atoms with Crippen molar-refractivity contribution in [1.82, 2.24) is 0 Å². The molecule has 3 heterocycles. The summed E-state index contributed by atoms with van der Waals surface area (Å²) in [6.45, 7) is 0. The molecule has 3 aliphatic rings. The van der Waals surface area contributed by atoms with Crippen molar-refractivity contribution in [3.05, 3.63) is 112 Å². The molecule has 1 saturated heterocycles. The molecule has 39 heavy (non-hydrogen) atoms. The lowest BCUT2D eigenvalue weighted by atomic mass is 9.92. The van der Waals surface area contributed by atoms with Crippen LogP contribution in [0.4, 0.5) is 26.3 Å². The molecular weight excluding hydrogens is 530 g/mol. The Morgan fingerprint density at radius 3 is 1.79 bits per heavy atom. The van der Waals surface area contributed by atoms with Gasteiger partial charge in [0.1, 0.15) is 30.3 Å². The third-order valence-corrected chi connectivity index (χ3v) is 6.84. The molecule has 1 fully saturated rings. The van der Waals surface area contributed by atoms with E-state index in [1.807, 2.05) is 0 Å². The first kappa shape index (κ1) is 25.4. The van der Waals surface area contributed by atoms with E-state index in [0.29, 0.717) is 5.56 Å². The van der Waals surface area contributed by atoms with Crippen LogP contribution in [0.1, 0.15) is 51.2 Å². The van der Waals surface area contributed by atoms with Gasteiger partial charge in [0.15, 0.2) is 5.78 Å². The highest BCUT2D eigenvalue weighted by atomic mass is 19.4. The van der Waals surface area contributed by atoms with Gasteiger partial charge in [0.2, 0.25) is 0 Å². The van der Waals surface area contributed by atoms with E-state index < -0.39 is 58.9 Å². The van der Waals surface area contributed by atoms with Crippen molar-refractivity contribution < 1.29 is 50.1 Å². The van der Waals surface area contributed by atoms with Gasteiger partial charge in [-0.15, -0.1) is 0 Å². The zero-order chi connectivity index (χ0) is 27.6. The Hall–Kier alpha value is -3.83. The number of carbonyl (C=O) groups is 1. The Morgan fingerprint density at radius 1 is 0.718 bits per heavy atom. The average Bonchev–Trinajstić information content (AvgIpc) is 3.26. The second-order valence-electron chi connectivity index (χ2n) is 9.26. The molecule has 3 aromatic rings. The van der Waals surface area contributed by atoms with Crippen molar-refractivity contribution in [2.24, 2.45) is 0 Å². The summed E-state index contributed by atoms with van der Waals surface area (Å²) in [5.41, 5.74) is -2.61. The molecule has 11 heteroatoms. The number of fused-ring (bicyclic) bond motifs is 2. The molecule has 202 valence electrons. The van der Waals surface area contributed by atoms with E-state index >= 15 is 0 Å². The Labute approximate surface area is 217 Å². The van der Waals surface area contributed by atoms with Crippen LogP contribution in [0.25, 0.3) is 0 Å². The molecule has 0 amide bonds. The van der Waals surface area contributed by atoms with E-state index in [0.717, 1.165) is 30.5 Å². The van der Waals surface area contributed by atoms with Crippen molar-refractivity contribution in [2.75, 3.05) is 0 Å². The minimum Gasteiger partial charge on any atom is -0.484 e. The second kappa shape index (κ2) is 8.85. The van der Waals surface area contributed by atoms with Crippen LogP contribution in [0.3, 0.4) is 0 Å². The number of Topliss-reactive ketones (excluding diaryl/α,β-unsaturated/α-hetero) is 1. The third-order valence-electron chi connectivity index (χ3n) is 6.84.